The Hall–Kier alpha value is -2.98. The van der Waals surface area contributed by atoms with E-state index in [4.69, 9.17) is 4.74 Å². The van der Waals surface area contributed by atoms with E-state index in [-0.39, 0.29) is 5.56 Å². The van der Waals surface area contributed by atoms with Gasteiger partial charge in [-0.15, -0.1) is 11.3 Å². The third kappa shape index (κ3) is 5.33. The zero-order valence-corrected chi connectivity index (χ0v) is 18.5. The van der Waals surface area contributed by atoms with Crippen LogP contribution in [0.5, 0.6) is 5.75 Å². The van der Waals surface area contributed by atoms with Crippen molar-refractivity contribution >= 4 is 17.2 Å². The fourth-order valence-electron chi connectivity index (χ4n) is 3.64. The number of halogens is 4. The molecule has 4 rings (SSSR count). The lowest BCUT2D eigenvalue weighted by atomic mass is 10.1. The van der Waals surface area contributed by atoms with Crippen molar-refractivity contribution in [2.45, 2.75) is 12.7 Å². The topological polar surface area (TPSA) is 45.7 Å². The lowest BCUT2D eigenvalue weighted by Crippen LogP contribution is -2.48. The summed E-state index contributed by atoms with van der Waals surface area (Å²) in [4.78, 5) is 21.0. The van der Waals surface area contributed by atoms with Crippen LogP contribution in [0.25, 0.3) is 10.6 Å². The summed E-state index contributed by atoms with van der Waals surface area (Å²) < 4.78 is 57.5. The highest BCUT2D eigenvalue weighted by Crippen LogP contribution is 2.32. The third-order valence-corrected chi connectivity index (χ3v) is 6.39. The predicted molar refractivity (Wildman–Crippen MR) is 117 cm³/mol. The number of alkyl halides is 3. The van der Waals surface area contributed by atoms with Crippen LogP contribution in [0.1, 0.15) is 21.6 Å². The molecule has 10 heteroatoms. The fourth-order valence-corrected chi connectivity index (χ4v) is 4.46. The molecule has 0 radical (unpaired) electrons. The van der Waals surface area contributed by atoms with E-state index in [0.29, 0.717) is 44.9 Å². The quantitative estimate of drug-likeness (QED) is 0.487. The first-order valence-corrected chi connectivity index (χ1v) is 11.1. The Bertz CT molecular complexity index is 1120. The van der Waals surface area contributed by atoms with Gasteiger partial charge >= 0.3 is 6.18 Å². The van der Waals surface area contributed by atoms with Crippen LogP contribution in [0.3, 0.4) is 0 Å². The molecule has 1 fully saturated rings. The van der Waals surface area contributed by atoms with Crippen LogP contribution in [0.15, 0.2) is 47.8 Å². The first kappa shape index (κ1) is 23.2. The van der Waals surface area contributed by atoms with Crippen LogP contribution >= 0.6 is 11.3 Å². The Kier molecular flexibility index (Phi) is 6.66. The van der Waals surface area contributed by atoms with Crippen molar-refractivity contribution in [2.24, 2.45) is 0 Å². The van der Waals surface area contributed by atoms with Gasteiger partial charge in [0, 0.05) is 49.2 Å². The number of carbonyl (C=O) groups is 1. The molecule has 1 saturated heterocycles. The number of methoxy groups -OCH3 is 1. The average molecular weight is 479 g/mol. The molecule has 0 unspecified atom stereocenters. The fraction of sp³-hybridized carbons (Fsp3) is 0.304. The van der Waals surface area contributed by atoms with E-state index in [1.54, 1.807) is 18.4 Å². The van der Waals surface area contributed by atoms with Crippen molar-refractivity contribution in [2.75, 3.05) is 33.3 Å². The van der Waals surface area contributed by atoms with E-state index in [0.717, 1.165) is 28.1 Å². The molecule has 0 atom stereocenters. The molecular weight excluding hydrogens is 458 g/mol. The summed E-state index contributed by atoms with van der Waals surface area (Å²) in [5.41, 5.74) is 0.322. The SMILES string of the molecule is COc1ccc(-c2nc(CN3CCN(C(=O)c4ccc(F)c(C(F)(F)F)c4)CC3)cs2)cc1. The second-order valence-electron chi connectivity index (χ2n) is 7.63. The van der Waals surface area contributed by atoms with Gasteiger partial charge in [-0.1, -0.05) is 0 Å². The van der Waals surface area contributed by atoms with Crippen LogP contribution < -0.4 is 4.74 Å². The molecule has 0 bridgehead atoms. The number of amides is 1. The van der Waals surface area contributed by atoms with Gasteiger partial charge in [0.2, 0.25) is 0 Å². The van der Waals surface area contributed by atoms with Crippen LogP contribution in [-0.2, 0) is 12.7 Å². The Morgan fingerprint density at radius 3 is 2.42 bits per heavy atom. The lowest BCUT2D eigenvalue weighted by Gasteiger charge is -2.34. The first-order valence-electron chi connectivity index (χ1n) is 10.2. The van der Waals surface area contributed by atoms with Gasteiger partial charge < -0.3 is 9.64 Å². The maximum absolute atomic E-state index is 13.5. The molecule has 5 nitrogen and oxygen atoms in total. The molecule has 1 aliphatic rings. The molecule has 1 amide bonds. The van der Waals surface area contributed by atoms with E-state index in [1.165, 1.54) is 4.90 Å². The van der Waals surface area contributed by atoms with Gasteiger partial charge in [-0.05, 0) is 42.5 Å². The Morgan fingerprint density at radius 1 is 1.09 bits per heavy atom. The Labute approximate surface area is 192 Å². The number of benzene rings is 2. The largest absolute Gasteiger partial charge is 0.497 e. The van der Waals surface area contributed by atoms with E-state index in [2.05, 4.69) is 9.88 Å². The van der Waals surface area contributed by atoms with Crippen molar-refractivity contribution < 1.29 is 27.1 Å². The summed E-state index contributed by atoms with van der Waals surface area (Å²) in [6, 6.07) is 10.0. The van der Waals surface area contributed by atoms with Gasteiger partial charge in [0.05, 0.1) is 18.4 Å². The molecule has 1 aliphatic heterocycles. The van der Waals surface area contributed by atoms with Crippen LogP contribution in [0.2, 0.25) is 0 Å². The van der Waals surface area contributed by atoms with Gasteiger partial charge in [-0.3, -0.25) is 9.69 Å². The highest BCUT2D eigenvalue weighted by molar-refractivity contribution is 7.13. The lowest BCUT2D eigenvalue weighted by molar-refractivity contribution is -0.140. The molecule has 0 spiro atoms. The van der Waals surface area contributed by atoms with Crippen LogP contribution in [-0.4, -0.2) is 54.0 Å². The number of carbonyl (C=O) groups excluding carboxylic acids is 1. The van der Waals surface area contributed by atoms with Gasteiger partial charge in [-0.25, -0.2) is 9.37 Å². The molecule has 2 aromatic carbocycles. The molecule has 3 aromatic rings. The Balaban J connectivity index is 1.35. The molecule has 2 heterocycles. The maximum atomic E-state index is 13.5. The van der Waals surface area contributed by atoms with E-state index < -0.39 is 23.5 Å². The summed E-state index contributed by atoms with van der Waals surface area (Å²) in [6.07, 6.45) is -4.85. The first-order chi connectivity index (χ1) is 15.7. The van der Waals surface area contributed by atoms with Gasteiger partial charge in [-0.2, -0.15) is 13.2 Å². The zero-order chi connectivity index (χ0) is 23.6. The molecule has 33 heavy (non-hydrogen) atoms. The third-order valence-electron chi connectivity index (χ3n) is 5.45. The Morgan fingerprint density at radius 2 is 1.79 bits per heavy atom. The molecular formula is C23H21F4N3O2S. The van der Waals surface area contributed by atoms with E-state index in [9.17, 15) is 22.4 Å². The number of aromatic nitrogens is 1. The molecule has 0 aliphatic carbocycles. The molecule has 1 aromatic heterocycles. The summed E-state index contributed by atoms with van der Waals surface area (Å²) in [5.74, 6) is -1.14. The highest BCUT2D eigenvalue weighted by atomic mass is 32.1. The summed E-state index contributed by atoms with van der Waals surface area (Å²) in [6.45, 7) is 2.48. The van der Waals surface area contributed by atoms with Gasteiger partial charge in [0.15, 0.2) is 0 Å². The smallest absolute Gasteiger partial charge is 0.419 e. The minimum Gasteiger partial charge on any atom is -0.497 e. The molecule has 174 valence electrons. The van der Waals surface area contributed by atoms with Gasteiger partial charge in [0.1, 0.15) is 16.6 Å². The summed E-state index contributed by atoms with van der Waals surface area (Å²) >= 11 is 1.55. The summed E-state index contributed by atoms with van der Waals surface area (Å²) in [7, 11) is 1.61. The van der Waals surface area contributed by atoms with Crippen molar-refractivity contribution in [1.82, 2.24) is 14.8 Å². The molecule has 0 N–H and O–H groups in total. The number of rotatable bonds is 5. The van der Waals surface area contributed by atoms with Crippen molar-refractivity contribution in [3.63, 3.8) is 0 Å². The predicted octanol–water partition coefficient (Wildman–Crippen LogP) is 4.93. The number of nitrogens with zero attached hydrogens (tertiary/aromatic N) is 3. The van der Waals surface area contributed by atoms with E-state index in [1.807, 2.05) is 29.6 Å². The number of ether oxygens (including phenoxy) is 1. The summed E-state index contributed by atoms with van der Waals surface area (Å²) in [5, 5.41) is 2.90. The van der Waals surface area contributed by atoms with Crippen molar-refractivity contribution in [3.05, 3.63) is 70.5 Å². The van der Waals surface area contributed by atoms with Gasteiger partial charge in [0.25, 0.3) is 5.91 Å². The van der Waals surface area contributed by atoms with Crippen molar-refractivity contribution in [1.29, 1.82) is 0 Å². The minimum absolute atomic E-state index is 0.166. The van der Waals surface area contributed by atoms with Crippen LogP contribution in [0.4, 0.5) is 17.6 Å². The van der Waals surface area contributed by atoms with Crippen LogP contribution in [0, 0.1) is 5.82 Å². The maximum Gasteiger partial charge on any atom is 0.419 e. The standard InChI is InChI=1S/C23H21F4N3O2S/c1-32-18-5-2-15(3-6-18)21-28-17(14-33-21)13-29-8-10-30(11-9-29)22(31)16-4-7-20(24)19(12-16)23(25,26)27/h2-7,12,14H,8-11,13H2,1H3. The highest BCUT2D eigenvalue weighted by Gasteiger charge is 2.35. The monoisotopic (exact) mass is 479 g/mol. The number of hydrogen-bond donors (Lipinski definition) is 0. The minimum atomic E-state index is -4.85. The average Bonchev–Trinajstić information content (AvgIpc) is 3.27. The number of thiazole rings is 1. The normalized spacial score (nSPS) is 15.0. The zero-order valence-electron chi connectivity index (χ0n) is 17.7. The van der Waals surface area contributed by atoms with Crippen molar-refractivity contribution in [3.8, 4) is 16.3 Å². The second kappa shape index (κ2) is 9.48. The number of piperazine rings is 1. The number of hydrogen-bond acceptors (Lipinski definition) is 5. The molecule has 0 saturated carbocycles. The second-order valence-corrected chi connectivity index (χ2v) is 8.49. The van der Waals surface area contributed by atoms with E-state index >= 15 is 0 Å².